The van der Waals surface area contributed by atoms with E-state index in [1.54, 1.807) is 10.6 Å². The minimum atomic E-state index is -0.297. The Hall–Kier alpha value is -2.73. The van der Waals surface area contributed by atoms with Crippen LogP contribution in [0.15, 0.2) is 64.4 Å². The first kappa shape index (κ1) is 14.8. The average Bonchev–Trinajstić information content (AvgIpc) is 2.91. The smallest absolute Gasteiger partial charge is 0.271 e. The lowest BCUT2D eigenvalue weighted by atomic mass is 10.2. The Bertz CT molecular complexity index is 1060. The minimum absolute atomic E-state index is 0.0660. The van der Waals surface area contributed by atoms with Crippen LogP contribution in [0.3, 0.4) is 0 Å². The number of rotatable bonds is 2. The zero-order valence-electron chi connectivity index (χ0n) is 12.7. The van der Waals surface area contributed by atoms with E-state index >= 15 is 0 Å². The molecule has 3 aromatic rings. The van der Waals surface area contributed by atoms with Gasteiger partial charge in [0, 0.05) is 5.69 Å². The molecule has 1 aromatic heterocycles. The van der Waals surface area contributed by atoms with Gasteiger partial charge < -0.3 is 4.90 Å². The third-order valence-electron chi connectivity index (χ3n) is 3.85. The van der Waals surface area contributed by atoms with Crippen molar-refractivity contribution in [3.63, 3.8) is 0 Å². The molecule has 6 heteroatoms. The molecule has 1 aliphatic rings. The zero-order chi connectivity index (χ0) is 16.5. The Morgan fingerprint density at radius 3 is 2.75 bits per heavy atom. The van der Waals surface area contributed by atoms with Gasteiger partial charge in [-0.2, -0.15) is 0 Å². The van der Waals surface area contributed by atoms with Crippen LogP contribution < -0.4 is 19.8 Å². The van der Waals surface area contributed by atoms with Crippen molar-refractivity contribution in [2.45, 2.75) is 6.67 Å². The SMILES string of the molecule is O=c1/c(=C/c2ccccc2)sc2n1CN(c1cccc(F)c1)CN=2. The zero-order valence-corrected chi connectivity index (χ0v) is 13.5. The summed E-state index contributed by atoms with van der Waals surface area (Å²) in [5, 5.41) is 0. The number of aromatic nitrogens is 1. The number of fused-ring (bicyclic) bond motifs is 1. The minimum Gasteiger partial charge on any atom is -0.333 e. The highest BCUT2D eigenvalue weighted by atomic mass is 32.1. The van der Waals surface area contributed by atoms with Crippen LogP contribution in [-0.4, -0.2) is 11.2 Å². The van der Waals surface area contributed by atoms with Gasteiger partial charge in [0.05, 0.1) is 4.53 Å². The molecule has 2 aromatic carbocycles. The number of nitrogens with zero attached hydrogens (tertiary/aromatic N) is 3. The summed E-state index contributed by atoms with van der Waals surface area (Å²) in [6.45, 7) is 0.786. The molecule has 0 unspecified atom stereocenters. The van der Waals surface area contributed by atoms with E-state index < -0.39 is 0 Å². The Balaban J connectivity index is 1.73. The van der Waals surface area contributed by atoms with Gasteiger partial charge in [0.1, 0.15) is 19.2 Å². The topological polar surface area (TPSA) is 37.6 Å². The van der Waals surface area contributed by atoms with Gasteiger partial charge in [0.2, 0.25) is 0 Å². The molecule has 4 nitrogen and oxygen atoms in total. The Labute approximate surface area is 141 Å². The molecule has 2 heterocycles. The normalized spacial score (nSPS) is 14.4. The predicted molar refractivity (Wildman–Crippen MR) is 93.1 cm³/mol. The van der Waals surface area contributed by atoms with Gasteiger partial charge in [0.15, 0.2) is 4.80 Å². The van der Waals surface area contributed by atoms with E-state index in [0.717, 1.165) is 11.3 Å². The molecule has 24 heavy (non-hydrogen) atoms. The lowest BCUT2D eigenvalue weighted by molar-refractivity contribution is 0.565. The summed E-state index contributed by atoms with van der Waals surface area (Å²) in [7, 11) is 0. The summed E-state index contributed by atoms with van der Waals surface area (Å²) in [5.74, 6) is -0.297. The number of halogens is 1. The molecule has 0 N–H and O–H groups in total. The van der Waals surface area contributed by atoms with Crippen molar-refractivity contribution >= 4 is 23.1 Å². The van der Waals surface area contributed by atoms with Crippen LogP contribution in [-0.2, 0) is 6.67 Å². The maximum absolute atomic E-state index is 13.4. The van der Waals surface area contributed by atoms with Crippen molar-refractivity contribution in [1.29, 1.82) is 0 Å². The molecule has 0 amide bonds. The van der Waals surface area contributed by atoms with Gasteiger partial charge >= 0.3 is 0 Å². The van der Waals surface area contributed by atoms with Gasteiger partial charge in [-0.25, -0.2) is 9.38 Å². The van der Waals surface area contributed by atoms with Crippen LogP contribution in [0.1, 0.15) is 5.56 Å². The molecule has 0 saturated heterocycles. The lowest BCUT2D eigenvalue weighted by Crippen LogP contribution is -2.42. The Kier molecular flexibility index (Phi) is 3.74. The van der Waals surface area contributed by atoms with Gasteiger partial charge in [-0.3, -0.25) is 9.36 Å². The van der Waals surface area contributed by atoms with Crippen LogP contribution in [0.2, 0.25) is 0 Å². The molecule has 0 atom stereocenters. The predicted octanol–water partition coefficient (Wildman–Crippen LogP) is 1.93. The van der Waals surface area contributed by atoms with Gasteiger partial charge in [-0.1, -0.05) is 47.7 Å². The summed E-state index contributed by atoms with van der Waals surface area (Å²) in [6.07, 6.45) is 1.88. The molecule has 0 radical (unpaired) electrons. The maximum atomic E-state index is 13.4. The molecular weight excluding hydrogens is 325 g/mol. The molecule has 0 aliphatic carbocycles. The van der Waals surface area contributed by atoms with E-state index in [4.69, 9.17) is 0 Å². The first-order valence-electron chi connectivity index (χ1n) is 7.52. The third-order valence-corrected chi connectivity index (χ3v) is 4.89. The Morgan fingerprint density at radius 1 is 1.12 bits per heavy atom. The van der Waals surface area contributed by atoms with Crippen molar-refractivity contribution in [3.8, 4) is 0 Å². The third kappa shape index (κ3) is 2.76. The van der Waals surface area contributed by atoms with Crippen LogP contribution in [0.25, 0.3) is 6.08 Å². The highest BCUT2D eigenvalue weighted by Gasteiger charge is 2.16. The summed E-state index contributed by atoms with van der Waals surface area (Å²) in [5.41, 5.74) is 1.63. The van der Waals surface area contributed by atoms with E-state index in [1.807, 2.05) is 47.4 Å². The van der Waals surface area contributed by atoms with Crippen LogP contribution in [0, 0.1) is 5.82 Å². The number of hydrogen-bond donors (Lipinski definition) is 0. The molecule has 120 valence electrons. The van der Waals surface area contributed by atoms with Gasteiger partial charge in [-0.15, -0.1) is 0 Å². The van der Waals surface area contributed by atoms with Gasteiger partial charge in [-0.05, 0) is 29.8 Å². The summed E-state index contributed by atoms with van der Waals surface area (Å²) in [4.78, 5) is 19.7. The van der Waals surface area contributed by atoms with Crippen molar-refractivity contribution in [2.75, 3.05) is 11.6 Å². The summed E-state index contributed by atoms with van der Waals surface area (Å²) in [6, 6.07) is 16.1. The number of anilines is 1. The first-order valence-corrected chi connectivity index (χ1v) is 8.34. The first-order chi connectivity index (χ1) is 11.7. The molecule has 0 saturated carbocycles. The highest BCUT2D eigenvalue weighted by molar-refractivity contribution is 7.07. The van der Waals surface area contributed by atoms with Gasteiger partial charge in [0.25, 0.3) is 5.56 Å². The summed E-state index contributed by atoms with van der Waals surface area (Å²) < 4.78 is 15.7. The quantitative estimate of drug-likeness (QED) is 0.715. The van der Waals surface area contributed by atoms with Crippen molar-refractivity contribution in [3.05, 3.63) is 85.7 Å². The monoisotopic (exact) mass is 339 g/mol. The average molecular weight is 339 g/mol. The van der Waals surface area contributed by atoms with E-state index in [2.05, 4.69) is 4.99 Å². The fourth-order valence-electron chi connectivity index (χ4n) is 2.65. The number of benzene rings is 2. The molecular formula is C18H14FN3OS. The Morgan fingerprint density at radius 2 is 1.96 bits per heavy atom. The molecule has 4 rings (SSSR count). The van der Waals surface area contributed by atoms with E-state index in [-0.39, 0.29) is 11.4 Å². The van der Waals surface area contributed by atoms with E-state index in [1.165, 1.54) is 23.5 Å². The standard InChI is InChI=1S/C18H14FN3OS/c19-14-7-4-8-15(10-14)21-11-20-18-22(12-21)17(23)16(24-18)9-13-5-2-1-3-6-13/h1-10H,11-12H2/b16-9-. The second-order valence-electron chi connectivity index (χ2n) is 5.50. The van der Waals surface area contributed by atoms with E-state index in [0.29, 0.717) is 22.7 Å². The van der Waals surface area contributed by atoms with E-state index in [9.17, 15) is 9.18 Å². The second-order valence-corrected chi connectivity index (χ2v) is 6.51. The summed E-state index contributed by atoms with van der Waals surface area (Å²) >= 11 is 1.38. The molecule has 1 aliphatic heterocycles. The molecule has 0 spiro atoms. The number of thiazole rings is 1. The fraction of sp³-hybridized carbons (Fsp3) is 0.111. The van der Waals surface area contributed by atoms with Crippen molar-refractivity contribution < 1.29 is 4.39 Å². The number of hydrogen-bond acceptors (Lipinski definition) is 4. The van der Waals surface area contributed by atoms with Crippen molar-refractivity contribution in [1.82, 2.24) is 4.57 Å². The van der Waals surface area contributed by atoms with Crippen LogP contribution in [0.5, 0.6) is 0 Å². The molecule has 0 fully saturated rings. The second kappa shape index (κ2) is 6.05. The van der Waals surface area contributed by atoms with Crippen LogP contribution >= 0.6 is 11.3 Å². The lowest BCUT2D eigenvalue weighted by Gasteiger charge is -2.25. The molecule has 0 bridgehead atoms. The maximum Gasteiger partial charge on any atom is 0.271 e. The van der Waals surface area contributed by atoms with Crippen molar-refractivity contribution in [2.24, 2.45) is 4.99 Å². The largest absolute Gasteiger partial charge is 0.333 e. The highest BCUT2D eigenvalue weighted by Crippen LogP contribution is 2.16. The fourth-order valence-corrected chi connectivity index (χ4v) is 3.61. The van der Waals surface area contributed by atoms with Crippen LogP contribution in [0.4, 0.5) is 10.1 Å².